The quantitative estimate of drug-likeness (QED) is 0.383. The van der Waals surface area contributed by atoms with Crippen LogP contribution in [0, 0.1) is 0 Å². The average molecular weight is 250 g/mol. The molecule has 0 aromatic heterocycles. The molecule has 0 aliphatic carbocycles. The van der Waals surface area contributed by atoms with Gasteiger partial charge in [-0.2, -0.15) is 0 Å². The molecule has 0 spiro atoms. The van der Waals surface area contributed by atoms with Gasteiger partial charge in [-0.3, -0.25) is 0 Å². The topological polar surface area (TPSA) is 77.8 Å². The van der Waals surface area contributed by atoms with Crippen LogP contribution in [-0.2, 0) is 4.57 Å². The van der Waals surface area contributed by atoms with Gasteiger partial charge in [-0.25, -0.2) is 4.57 Å². The molecule has 0 radical (unpaired) electrons. The minimum absolute atomic E-state index is 1.11. The third-order valence-corrected chi connectivity index (χ3v) is 2.81. The first-order valence-electron chi connectivity index (χ1n) is 5.20. The van der Waals surface area contributed by atoms with E-state index < -0.39 is 7.82 Å². The van der Waals surface area contributed by atoms with Crippen molar-refractivity contribution in [2.45, 2.75) is 46.0 Å². The minimum atomic E-state index is -4.64. The Hall–Kier alpha value is 1.75. The molecule has 0 saturated carbocycles. The van der Waals surface area contributed by atoms with E-state index in [0.717, 1.165) is 49.0 Å². The molecule has 0 saturated heterocycles. The van der Waals surface area contributed by atoms with Crippen molar-refractivity contribution in [3.63, 3.8) is 0 Å². The molecule has 0 fully saturated rings. The SMILES string of the molecule is CCCCCCC[CH2][K].O=P(O)(O)O. The summed E-state index contributed by atoms with van der Waals surface area (Å²) in [7, 11) is -4.64. The Morgan fingerprint density at radius 1 is 1.00 bits per heavy atom. The Balaban J connectivity index is 0. The maximum Gasteiger partial charge on any atom is 0.466 e. The van der Waals surface area contributed by atoms with Crippen LogP contribution in [0.1, 0.15) is 45.4 Å². The Morgan fingerprint density at radius 3 is 1.71 bits per heavy atom. The van der Waals surface area contributed by atoms with Crippen molar-refractivity contribution in [2.75, 3.05) is 0 Å². The van der Waals surface area contributed by atoms with Crippen LogP contribution >= 0.6 is 7.82 Å². The molecule has 0 aromatic carbocycles. The summed E-state index contributed by atoms with van der Waals surface area (Å²) in [4.78, 5) is 21.6. The summed E-state index contributed by atoms with van der Waals surface area (Å²) in [6.07, 6.45) is 8.81. The van der Waals surface area contributed by atoms with E-state index in [1.165, 1.54) is 38.5 Å². The second kappa shape index (κ2) is 12.8. The standard InChI is InChI=1S/C8H17.K.H3O4P/c1-3-5-7-8-6-4-2;;1-5(2,3)4/h1,3-8H2,2H3;;(H3,1,2,3,4). The van der Waals surface area contributed by atoms with E-state index in [1.807, 2.05) is 0 Å². The van der Waals surface area contributed by atoms with E-state index in [1.54, 1.807) is 0.515 Å². The van der Waals surface area contributed by atoms with E-state index in [9.17, 15) is 0 Å². The third kappa shape index (κ3) is 37.2. The van der Waals surface area contributed by atoms with Crippen molar-refractivity contribution in [3.05, 3.63) is 0 Å². The molecule has 0 aliphatic heterocycles. The van der Waals surface area contributed by atoms with Gasteiger partial charge in [0, 0.05) is 0 Å². The predicted octanol–water partition coefficient (Wildman–Crippen LogP) is 2.01. The van der Waals surface area contributed by atoms with Crippen LogP contribution in [0.4, 0.5) is 0 Å². The van der Waals surface area contributed by atoms with Crippen molar-refractivity contribution < 1.29 is 19.2 Å². The Morgan fingerprint density at radius 2 is 1.36 bits per heavy atom. The summed E-state index contributed by atoms with van der Waals surface area (Å²) in [6, 6.07) is 0. The molecule has 0 heterocycles. The summed E-state index contributed by atoms with van der Waals surface area (Å²) in [5.41, 5.74) is 0. The fourth-order valence-electron chi connectivity index (χ4n) is 1.03. The van der Waals surface area contributed by atoms with E-state index >= 15 is 0 Å². The summed E-state index contributed by atoms with van der Waals surface area (Å²) in [5, 5.41) is 0. The third-order valence-electron chi connectivity index (χ3n) is 1.71. The molecule has 0 unspecified atom stereocenters. The molecule has 82 valence electrons. The van der Waals surface area contributed by atoms with Gasteiger partial charge >= 0.3 is 103 Å². The molecule has 0 rings (SSSR count). The molecule has 0 bridgehead atoms. The van der Waals surface area contributed by atoms with Crippen molar-refractivity contribution in [1.29, 1.82) is 0 Å². The second-order valence-electron chi connectivity index (χ2n) is 3.28. The van der Waals surface area contributed by atoms with Crippen LogP contribution < -0.4 is 0 Å². The maximum absolute atomic E-state index is 8.88. The maximum atomic E-state index is 8.88. The Bertz CT molecular complexity index is 134. The van der Waals surface area contributed by atoms with Gasteiger partial charge < -0.3 is 14.7 Å². The van der Waals surface area contributed by atoms with E-state index in [4.69, 9.17) is 19.2 Å². The smallest absolute Gasteiger partial charge is 0.303 e. The summed E-state index contributed by atoms with van der Waals surface area (Å²) in [5.74, 6) is 0. The number of hydrogen-bond donors (Lipinski definition) is 3. The summed E-state index contributed by atoms with van der Waals surface area (Å²) >= 11 is 1.11. The van der Waals surface area contributed by atoms with E-state index in [0.29, 0.717) is 0 Å². The zero-order chi connectivity index (χ0) is 11.4. The molecule has 0 amide bonds. The van der Waals surface area contributed by atoms with Gasteiger partial charge in [0.05, 0.1) is 0 Å². The van der Waals surface area contributed by atoms with Gasteiger partial charge in [-0.05, 0) is 0 Å². The fourth-order valence-corrected chi connectivity index (χ4v) is 1.81. The minimum Gasteiger partial charge on any atom is -0.303 e. The zero-order valence-corrected chi connectivity index (χ0v) is 13.2. The molecular weight excluding hydrogens is 230 g/mol. The van der Waals surface area contributed by atoms with Gasteiger partial charge in [0.2, 0.25) is 0 Å². The molecule has 0 aliphatic rings. The second-order valence-corrected chi connectivity index (χ2v) is 5.87. The first-order valence-corrected chi connectivity index (χ1v) is 8.97. The molecule has 4 nitrogen and oxygen atoms in total. The van der Waals surface area contributed by atoms with Crippen LogP contribution in [0.25, 0.3) is 0 Å². The molecule has 0 aromatic rings. The number of hydrogen-bond acceptors (Lipinski definition) is 1. The Kier molecular flexibility index (Phi) is 16.6. The molecule has 3 N–H and O–H groups in total. The van der Waals surface area contributed by atoms with Crippen LogP contribution in [0.3, 0.4) is 0 Å². The average Bonchev–Trinajstić information content (AvgIpc) is 2.01. The van der Waals surface area contributed by atoms with Crippen molar-refractivity contribution in [1.82, 2.24) is 0 Å². The van der Waals surface area contributed by atoms with Crippen LogP contribution in [0.2, 0.25) is 0.515 Å². The van der Waals surface area contributed by atoms with E-state index in [-0.39, 0.29) is 0 Å². The summed E-state index contributed by atoms with van der Waals surface area (Å²) < 4.78 is 10.4. The molecule has 14 heavy (non-hydrogen) atoms. The molecule has 6 heteroatoms. The number of rotatable bonds is 6. The van der Waals surface area contributed by atoms with Gasteiger partial charge in [0.15, 0.2) is 0 Å². The normalized spacial score (nSPS) is 10.7. The molecular formula is C8H20KO4P. The van der Waals surface area contributed by atoms with E-state index in [2.05, 4.69) is 6.92 Å². The van der Waals surface area contributed by atoms with Crippen LogP contribution in [0.15, 0.2) is 0 Å². The number of unbranched alkanes of at least 4 members (excludes halogenated alkanes) is 5. The van der Waals surface area contributed by atoms with Gasteiger partial charge in [-0.15, -0.1) is 0 Å². The molecule has 0 atom stereocenters. The van der Waals surface area contributed by atoms with Crippen LogP contribution in [0.5, 0.6) is 0 Å². The van der Waals surface area contributed by atoms with Gasteiger partial charge in [-0.1, -0.05) is 0 Å². The zero-order valence-electron chi connectivity index (χ0n) is 9.15. The first kappa shape index (κ1) is 18.1. The van der Waals surface area contributed by atoms with Crippen molar-refractivity contribution >= 4 is 56.8 Å². The summed E-state index contributed by atoms with van der Waals surface area (Å²) in [6.45, 7) is 2.27. The van der Waals surface area contributed by atoms with Crippen LogP contribution in [-0.4, -0.2) is 63.6 Å². The number of phosphoric acid groups is 1. The monoisotopic (exact) mass is 250 g/mol. The first-order chi connectivity index (χ1) is 6.41. The predicted molar refractivity (Wildman–Crippen MR) is 58.2 cm³/mol. The largest absolute Gasteiger partial charge is 0.466 e. The van der Waals surface area contributed by atoms with Gasteiger partial charge in [0.1, 0.15) is 0 Å². The Labute approximate surface area is 120 Å². The fraction of sp³-hybridized carbons (Fsp3) is 1.00. The van der Waals surface area contributed by atoms with Crippen molar-refractivity contribution in [3.8, 4) is 0 Å². The van der Waals surface area contributed by atoms with Crippen molar-refractivity contribution in [2.24, 2.45) is 0 Å². The van der Waals surface area contributed by atoms with Gasteiger partial charge in [0.25, 0.3) is 0 Å².